The maximum absolute atomic E-state index is 5.53. The van der Waals surface area contributed by atoms with Gasteiger partial charge >= 0.3 is 0 Å². The number of aryl methyl sites for hydroxylation is 2. The largest absolute Gasteiger partial charge is 0.381 e. The van der Waals surface area contributed by atoms with Crippen LogP contribution in [-0.2, 0) is 16.7 Å². The maximum atomic E-state index is 5.53. The van der Waals surface area contributed by atoms with Crippen molar-refractivity contribution >= 4 is 0 Å². The zero-order valence-electron chi connectivity index (χ0n) is 14.4. The summed E-state index contributed by atoms with van der Waals surface area (Å²) in [7, 11) is 0. The molecular formula is C18H27N3O. The van der Waals surface area contributed by atoms with Crippen LogP contribution in [-0.4, -0.2) is 27.6 Å². The van der Waals surface area contributed by atoms with E-state index in [0.29, 0.717) is 5.92 Å². The minimum Gasteiger partial charge on any atom is -0.381 e. The van der Waals surface area contributed by atoms with Gasteiger partial charge in [-0.2, -0.15) is 5.10 Å². The van der Waals surface area contributed by atoms with Crippen molar-refractivity contribution in [3.63, 3.8) is 0 Å². The van der Waals surface area contributed by atoms with Gasteiger partial charge < -0.3 is 9.30 Å². The van der Waals surface area contributed by atoms with Gasteiger partial charge in [0.05, 0.1) is 12.3 Å². The smallest absolute Gasteiger partial charge is 0.135 e. The number of rotatable bonds is 3. The highest BCUT2D eigenvalue weighted by Crippen LogP contribution is 2.27. The topological polar surface area (TPSA) is 32.0 Å². The molecule has 1 aliphatic heterocycles. The second-order valence-electron chi connectivity index (χ2n) is 7.50. The molecule has 3 rings (SSSR count). The molecule has 0 aliphatic carbocycles. The van der Waals surface area contributed by atoms with Crippen molar-refractivity contribution in [2.75, 3.05) is 13.2 Å². The summed E-state index contributed by atoms with van der Waals surface area (Å²) in [6, 6.07) is 6.58. The van der Waals surface area contributed by atoms with Crippen molar-refractivity contribution in [2.45, 2.75) is 53.0 Å². The lowest BCUT2D eigenvalue weighted by molar-refractivity contribution is 0.181. The first-order valence-corrected chi connectivity index (χ1v) is 8.17. The second kappa shape index (κ2) is 5.58. The molecule has 1 aliphatic rings. The summed E-state index contributed by atoms with van der Waals surface area (Å²) in [6.45, 7) is 13.6. The molecule has 2 aromatic heterocycles. The molecule has 1 unspecified atom stereocenters. The summed E-state index contributed by atoms with van der Waals surface area (Å²) in [5.41, 5.74) is 3.71. The molecule has 4 nitrogen and oxygen atoms in total. The number of hydrogen-bond acceptors (Lipinski definition) is 2. The van der Waals surface area contributed by atoms with E-state index in [1.165, 1.54) is 17.2 Å². The molecular weight excluding hydrogens is 274 g/mol. The van der Waals surface area contributed by atoms with E-state index >= 15 is 0 Å². The number of ether oxygens (including phenoxy) is 1. The van der Waals surface area contributed by atoms with Crippen LogP contribution in [0.5, 0.6) is 0 Å². The second-order valence-corrected chi connectivity index (χ2v) is 7.50. The minimum absolute atomic E-state index is 0.0567. The summed E-state index contributed by atoms with van der Waals surface area (Å²) in [5.74, 6) is 1.75. The highest BCUT2D eigenvalue weighted by atomic mass is 16.5. The molecule has 0 bridgehead atoms. The van der Waals surface area contributed by atoms with E-state index in [1.54, 1.807) is 0 Å². The Balaban J connectivity index is 2.04. The first-order valence-electron chi connectivity index (χ1n) is 8.17. The summed E-state index contributed by atoms with van der Waals surface area (Å²) < 4.78 is 10.0. The fourth-order valence-corrected chi connectivity index (χ4v) is 3.09. The Kier molecular flexibility index (Phi) is 3.89. The van der Waals surface area contributed by atoms with Crippen LogP contribution >= 0.6 is 0 Å². The molecule has 0 spiro atoms. The van der Waals surface area contributed by atoms with E-state index in [1.807, 2.05) is 0 Å². The fraction of sp³-hybridized carbons (Fsp3) is 0.611. The van der Waals surface area contributed by atoms with E-state index in [-0.39, 0.29) is 5.41 Å². The number of aromatic nitrogens is 3. The van der Waals surface area contributed by atoms with E-state index in [9.17, 15) is 0 Å². The molecule has 22 heavy (non-hydrogen) atoms. The molecule has 0 amide bonds. The van der Waals surface area contributed by atoms with Gasteiger partial charge in [0, 0.05) is 41.9 Å². The molecule has 0 N–H and O–H groups in total. The summed E-state index contributed by atoms with van der Waals surface area (Å²) in [4.78, 5) is 0. The van der Waals surface area contributed by atoms with Crippen LogP contribution in [0.15, 0.2) is 18.2 Å². The normalized spacial score (nSPS) is 19.0. The molecule has 1 saturated heterocycles. The molecule has 0 radical (unpaired) electrons. The zero-order valence-corrected chi connectivity index (χ0v) is 14.4. The van der Waals surface area contributed by atoms with Gasteiger partial charge in [0.15, 0.2) is 0 Å². The predicted molar refractivity (Wildman–Crippen MR) is 88.7 cm³/mol. The third kappa shape index (κ3) is 2.84. The maximum Gasteiger partial charge on any atom is 0.135 e. The monoisotopic (exact) mass is 301 g/mol. The Morgan fingerprint density at radius 3 is 2.45 bits per heavy atom. The van der Waals surface area contributed by atoms with E-state index in [0.717, 1.165) is 31.9 Å². The van der Waals surface area contributed by atoms with Gasteiger partial charge in [-0.1, -0.05) is 20.8 Å². The van der Waals surface area contributed by atoms with Crippen LogP contribution in [0.3, 0.4) is 0 Å². The van der Waals surface area contributed by atoms with Gasteiger partial charge in [-0.3, -0.25) is 0 Å². The van der Waals surface area contributed by atoms with Crippen LogP contribution in [0.1, 0.15) is 44.3 Å². The SMILES string of the molecule is Cc1ccc(C)n1-c1cc(C(C)(C)C)nn1CC1CCOC1. The standard InChI is InChI=1S/C18H27N3O/c1-13-6-7-14(2)21(13)17-10-16(18(3,4)5)19-20(17)11-15-8-9-22-12-15/h6-7,10,15H,8-9,11-12H2,1-5H3. The molecule has 0 aromatic carbocycles. The van der Waals surface area contributed by atoms with Crippen LogP contribution in [0.25, 0.3) is 5.82 Å². The van der Waals surface area contributed by atoms with Crippen molar-refractivity contribution in [3.05, 3.63) is 35.3 Å². The molecule has 120 valence electrons. The van der Waals surface area contributed by atoms with Crippen LogP contribution in [0.2, 0.25) is 0 Å². The van der Waals surface area contributed by atoms with Crippen molar-refractivity contribution in [1.29, 1.82) is 0 Å². The van der Waals surface area contributed by atoms with E-state index < -0.39 is 0 Å². The summed E-state index contributed by atoms with van der Waals surface area (Å²) in [6.07, 6.45) is 1.13. The Morgan fingerprint density at radius 1 is 1.23 bits per heavy atom. The van der Waals surface area contributed by atoms with Crippen molar-refractivity contribution in [2.24, 2.45) is 5.92 Å². The van der Waals surface area contributed by atoms with Gasteiger partial charge in [-0.25, -0.2) is 4.68 Å². The minimum atomic E-state index is 0.0567. The van der Waals surface area contributed by atoms with Gasteiger partial charge in [0.2, 0.25) is 0 Å². The third-order valence-corrected chi connectivity index (χ3v) is 4.48. The molecule has 0 saturated carbocycles. The van der Waals surface area contributed by atoms with Crippen LogP contribution < -0.4 is 0 Å². The van der Waals surface area contributed by atoms with E-state index in [2.05, 4.69) is 62.1 Å². The molecule has 1 fully saturated rings. The first-order chi connectivity index (χ1) is 10.4. The Morgan fingerprint density at radius 2 is 1.91 bits per heavy atom. The Hall–Kier alpha value is -1.55. The van der Waals surface area contributed by atoms with Crippen molar-refractivity contribution in [1.82, 2.24) is 14.3 Å². The average molecular weight is 301 g/mol. The Labute approximate surface area is 133 Å². The van der Waals surface area contributed by atoms with E-state index in [4.69, 9.17) is 9.84 Å². The molecule has 3 heterocycles. The lowest BCUT2D eigenvalue weighted by atomic mass is 9.92. The van der Waals surface area contributed by atoms with Gasteiger partial charge in [-0.05, 0) is 32.4 Å². The quantitative estimate of drug-likeness (QED) is 0.867. The zero-order chi connectivity index (χ0) is 15.9. The Bertz CT molecular complexity index is 635. The summed E-state index contributed by atoms with van der Waals surface area (Å²) in [5, 5.41) is 4.92. The van der Waals surface area contributed by atoms with Gasteiger partial charge in [0.25, 0.3) is 0 Å². The average Bonchev–Trinajstić information content (AvgIpc) is 3.12. The summed E-state index contributed by atoms with van der Waals surface area (Å²) >= 11 is 0. The molecule has 4 heteroatoms. The highest BCUT2D eigenvalue weighted by Gasteiger charge is 2.24. The third-order valence-electron chi connectivity index (χ3n) is 4.48. The van der Waals surface area contributed by atoms with Crippen LogP contribution in [0.4, 0.5) is 0 Å². The number of nitrogens with zero attached hydrogens (tertiary/aromatic N) is 3. The predicted octanol–water partition coefficient (Wildman–Crippen LogP) is 3.62. The fourth-order valence-electron chi connectivity index (χ4n) is 3.09. The van der Waals surface area contributed by atoms with Crippen molar-refractivity contribution in [3.8, 4) is 5.82 Å². The lowest BCUT2D eigenvalue weighted by Crippen LogP contribution is -2.17. The van der Waals surface area contributed by atoms with Gasteiger partial charge in [-0.15, -0.1) is 0 Å². The van der Waals surface area contributed by atoms with Gasteiger partial charge in [0.1, 0.15) is 5.82 Å². The lowest BCUT2D eigenvalue weighted by Gasteiger charge is -2.15. The molecule has 2 aromatic rings. The molecule has 1 atom stereocenters. The first kappa shape index (κ1) is 15.3. The highest BCUT2D eigenvalue weighted by molar-refractivity contribution is 5.35. The van der Waals surface area contributed by atoms with Crippen molar-refractivity contribution < 1.29 is 4.74 Å². The number of hydrogen-bond donors (Lipinski definition) is 0. The van der Waals surface area contributed by atoms with Crippen LogP contribution in [0, 0.1) is 19.8 Å².